The largest absolute Gasteiger partial charge is 0.497 e. The second-order valence-electron chi connectivity index (χ2n) is 6.47. The fraction of sp³-hybridized carbons (Fsp3) is 0.588. The van der Waals surface area contributed by atoms with Crippen LogP contribution in [0.4, 0.5) is 0 Å². The van der Waals surface area contributed by atoms with Crippen LogP contribution in [0.25, 0.3) is 0 Å². The zero-order valence-electron chi connectivity index (χ0n) is 14.6. The van der Waals surface area contributed by atoms with Gasteiger partial charge < -0.3 is 9.64 Å². The van der Waals surface area contributed by atoms with Crippen LogP contribution in [0.1, 0.15) is 25.3 Å². The van der Waals surface area contributed by atoms with E-state index in [0.717, 1.165) is 24.7 Å². The van der Waals surface area contributed by atoms with Crippen molar-refractivity contribution in [2.45, 2.75) is 26.3 Å². The first-order valence-corrected chi connectivity index (χ1v) is 10.00. The van der Waals surface area contributed by atoms with E-state index in [9.17, 15) is 13.2 Å². The van der Waals surface area contributed by atoms with Crippen LogP contribution < -0.4 is 4.74 Å². The minimum absolute atomic E-state index is 0.114. The van der Waals surface area contributed by atoms with Gasteiger partial charge in [0.25, 0.3) is 0 Å². The zero-order valence-corrected chi connectivity index (χ0v) is 15.4. The molecule has 1 aromatic rings. The molecule has 7 heteroatoms. The van der Waals surface area contributed by atoms with E-state index in [4.69, 9.17) is 4.74 Å². The SMILES string of the molecule is COc1ccc(CN(CC(=O)N2CCCC(C)C2)S(C)(=O)=O)cc1. The number of rotatable bonds is 6. The van der Waals surface area contributed by atoms with Gasteiger partial charge in [-0.1, -0.05) is 19.1 Å². The number of hydrogen-bond donors (Lipinski definition) is 0. The predicted octanol–water partition coefficient (Wildman–Crippen LogP) is 1.72. The van der Waals surface area contributed by atoms with Gasteiger partial charge in [-0.05, 0) is 36.5 Å². The van der Waals surface area contributed by atoms with Crippen molar-refractivity contribution in [1.82, 2.24) is 9.21 Å². The Kier molecular flexibility index (Phi) is 6.23. The molecule has 2 rings (SSSR count). The Morgan fingerprint density at radius 3 is 2.54 bits per heavy atom. The summed E-state index contributed by atoms with van der Waals surface area (Å²) in [6.45, 7) is 3.60. The summed E-state index contributed by atoms with van der Waals surface area (Å²) in [5, 5.41) is 0. The molecule has 1 saturated heterocycles. The summed E-state index contributed by atoms with van der Waals surface area (Å²) in [5.41, 5.74) is 0.820. The lowest BCUT2D eigenvalue weighted by molar-refractivity contribution is -0.133. The number of hydrogen-bond acceptors (Lipinski definition) is 4. The van der Waals surface area contributed by atoms with Gasteiger partial charge in [-0.25, -0.2) is 8.42 Å². The lowest BCUT2D eigenvalue weighted by atomic mass is 10.0. The number of benzene rings is 1. The maximum atomic E-state index is 12.5. The normalized spacial score (nSPS) is 18.7. The summed E-state index contributed by atoms with van der Waals surface area (Å²) in [7, 11) is -1.89. The van der Waals surface area contributed by atoms with E-state index in [-0.39, 0.29) is 19.0 Å². The highest BCUT2D eigenvalue weighted by Gasteiger charge is 2.26. The molecule has 1 heterocycles. The topological polar surface area (TPSA) is 66.9 Å². The second kappa shape index (κ2) is 7.98. The van der Waals surface area contributed by atoms with Crippen molar-refractivity contribution in [2.75, 3.05) is 33.0 Å². The first-order chi connectivity index (χ1) is 11.3. The molecule has 0 radical (unpaired) electrons. The van der Waals surface area contributed by atoms with Crippen molar-refractivity contribution in [1.29, 1.82) is 0 Å². The predicted molar refractivity (Wildman–Crippen MR) is 93.2 cm³/mol. The van der Waals surface area contributed by atoms with Crippen LogP contribution >= 0.6 is 0 Å². The molecule has 0 N–H and O–H groups in total. The fourth-order valence-corrected chi connectivity index (χ4v) is 3.62. The molecular formula is C17H26N2O4S. The molecule has 1 aliphatic heterocycles. The van der Waals surface area contributed by atoms with Crippen molar-refractivity contribution in [3.8, 4) is 5.75 Å². The van der Waals surface area contributed by atoms with Gasteiger partial charge in [-0.15, -0.1) is 0 Å². The summed E-state index contributed by atoms with van der Waals surface area (Å²) in [4.78, 5) is 14.3. The van der Waals surface area contributed by atoms with Crippen LogP contribution in [0, 0.1) is 5.92 Å². The number of methoxy groups -OCH3 is 1. The Bertz CT molecular complexity index is 658. The quantitative estimate of drug-likeness (QED) is 0.780. The molecule has 0 bridgehead atoms. The third kappa shape index (κ3) is 5.21. The van der Waals surface area contributed by atoms with E-state index >= 15 is 0 Å². The molecule has 0 aromatic heterocycles. The van der Waals surface area contributed by atoms with Gasteiger partial charge in [-0.2, -0.15) is 4.31 Å². The second-order valence-corrected chi connectivity index (χ2v) is 8.45. The Morgan fingerprint density at radius 2 is 2.00 bits per heavy atom. The van der Waals surface area contributed by atoms with Gasteiger partial charge in [0, 0.05) is 19.6 Å². The van der Waals surface area contributed by atoms with E-state index in [0.29, 0.717) is 24.8 Å². The Hall–Kier alpha value is -1.60. The molecule has 134 valence electrons. The van der Waals surface area contributed by atoms with Crippen LogP contribution in [-0.4, -0.2) is 56.5 Å². The fourth-order valence-electron chi connectivity index (χ4n) is 2.89. The molecule has 1 unspecified atom stereocenters. The first kappa shape index (κ1) is 18.7. The maximum Gasteiger partial charge on any atom is 0.237 e. The number of carbonyl (C=O) groups excluding carboxylic acids is 1. The molecule has 1 aliphatic rings. The lowest BCUT2D eigenvalue weighted by Gasteiger charge is -2.32. The van der Waals surface area contributed by atoms with Gasteiger partial charge in [0.2, 0.25) is 15.9 Å². The molecule has 6 nitrogen and oxygen atoms in total. The van der Waals surface area contributed by atoms with E-state index < -0.39 is 10.0 Å². The number of nitrogens with zero attached hydrogens (tertiary/aromatic N) is 2. The smallest absolute Gasteiger partial charge is 0.237 e. The van der Waals surface area contributed by atoms with Crippen LogP contribution in [0.3, 0.4) is 0 Å². The van der Waals surface area contributed by atoms with Crippen molar-refractivity contribution < 1.29 is 17.9 Å². The third-order valence-electron chi connectivity index (χ3n) is 4.31. The van der Waals surface area contributed by atoms with Crippen LogP contribution in [0.15, 0.2) is 24.3 Å². The average Bonchev–Trinajstić information content (AvgIpc) is 2.54. The lowest BCUT2D eigenvalue weighted by Crippen LogP contribution is -2.45. The van der Waals surface area contributed by atoms with Crippen LogP contribution in [0.5, 0.6) is 5.75 Å². The highest BCUT2D eigenvalue weighted by Crippen LogP contribution is 2.17. The standard InChI is InChI=1S/C17H26N2O4S/c1-14-5-4-10-18(11-14)17(20)13-19(24(3,21)22)12-15-6-8-16(23-2)9-7-15/h6-9,14H,4-5,10-13H2,1-3H3. The number of piperidine rings is 1. The third-order valence-corrected chi connectivity index (χ3v) is 5.50. The average molecular weight is 354 g/mol. The Morgan fingerprint density at radius 1 is 1.33 bits per heavy atom. The molecule has 0 spiro atoms. The number of carbonyl (C=O) groups is 1. The van der Waals surface area contributed by atoms with E-state index in [2.05, 4.69) is 6.92 Å². The van der Waals surface area contributed by atoms with Gasteiger partial charge in [0.15, 0.2) is 0 Å². The highest BCUT2D eigenvalue weighted by molar-refractivity contribution is 7.88. The summed E-state index contributed by atoms with van der Waals surface area (Å²) in [5.74, 6) is 1.06. The van der Waals surface area contributed by atoms with Gasteiger partial charge in [0.1, 0.15) is 5.75 Å². The number of amides is 1. The Labute approximate surface area is 144 Å². The molecule has 0 saturated carbocycles. The van der Waals surface area contributed by atoms with Gasteiger partial charge in [-0.3, -0.25) is 4.79 Å². The van der Waals surface area contributed by atoms with Gasteiger partial charge >= 0.3 is 0 Å². The van der Waals surface area contributed by atoms with E-state index in [1.807, 2.05) is 12.1 Å². The minimum atomic E-state index is -3.47. The van der Waals surface area contributed by atoms with E-state index in [1.165, 1.54) is 4.31 Å². The van der Waals surface area contributed by atoms with Crippen molar-refractivity contribution in [3.63, 3.8) is 0 Å². The summed E-state index contributed by atoms with van der Waals surface area (Å²) in [6.07, 6.45) is 3.23. The molecule has 24 heavy (non-hydrogen) atoms. The molecule has 1 fully saturated rings. The molecule has 1 amide bonds. The molecule has 1 atom stereocenters. The van der Waals surface area contributed by atoms with Crippen molar-refractivity contribution in [3.05, 3.63) is 29.8 Å². The summed E-state index contributed by atoms with van der Waals surface area (Å²) in [6, 6.07) is 7.18. The molecule has 1 aromatic carbocycles. The first-order valence-electron chi connectivity index (χ1n) is 8.15. The van der Waals surface area contributed by atoms with Crippen LogP contribution in [0.2, 0.25) is 0 Å². The molecule has 0 aliphatic carbocycles. The number of ether oxygens (including phenoxy) is 1. The molecular weight excluding hydrogens is 328 g/mol. The number of sulfonamides is 1. The van der Waals surface area contributed by atoms with Crippen molar-refractivity contribution in [2.24, 2.45) is 5.92 Å². The zero-order chi connectivity index (χ0) is 17.7. The van der Waals surface area contributed by atoms with Crippen molar-refractivity contribution >= 4 is 15.9 Å². The van der Waals surface area contributed by atoms with Gasteiger partial charge in [0.05, 0.1) is 19.9 Å². The maximum absolute atomic E-state index is 12.5. The number of likely N-dealkylation sites (tertiary alicyclic amines) is 1. The van der Waals surface area contributed by atoms with E-state index in [1.54, 1.807) is 24.1 Å². The summed E-state index contributed by atoms with van der Waals surface area (Å²) < 4.78 is 30.5. The monoisotopic (exact) mass is 354 g/mol. The summed E-state index contributed by atoms with van der Waals surface area (Å²) >= 11 is 0. The minimum Gasteiger partial charge on any atom is -0.497 e. The Balaban J connectivity index is 2.06. The highest BCUT2D eigenvalue weighted by atomic mass is 32.2. The van der Waals surface area contributed by atoms with Crippen LogP contribution in [-0.2, 0) is 21.4 Å².